The first-order chi connectivity index (χ1) is 4.79. The van der Waals surface area contributed by atoms with Crippen molar-refractivity contribution in [3.05, 3.63) is 21.1 Å². The fraction of sp³-hybridized carbons (Fsp3) is 0.167. The van der Waals surface area contributed by atoms with Crippen molar-refractivity contribution >= 4 is 33.0 Å². The van der Waals surface area contributed by atoms with Gasteiger partial charge >= 0.3 is 0 Å². The quantitative estimate of drug-likeness (QED) is 0.591. The van der Waals surface area contributed by atoms with E-state index in [4.69, 9.17) is 0 Å². The smallest absolute Gasteiger partial charge is 0.268 e. The molecule has 0 aliphatic carbocycles. The van der Waals surface area contributed by atoms with Crippen LogP contribution in [-0.2, 0) is 7.05 Å². The van der Waals surface area contributed by atoms with E-state index in [1.54, 1.807) is 22.3 Å². The molecule has 2 heterocycles. The fourth-order valence-electron chi connectivity index (χ4n) is 0.871. The SMILES string of the molecule is Cn1sc2cscc2c1=O. The molecular weight excluding hydrogens is 166 g/mol. The Labute approximate surface area is 65.5 Å². The number of aromatic nitrogens is 1. The highest BCUT2D eigenvalue weighted by Gasteiger charge is 2.03. The summed E-state index contributed by atoms with van der Waals surface area (Å²) in [6, 6.07) is 0. The number of aryl methyl sites for hydroxylation is 1. The summed E-state index contributed by atoms with van der Waals surface area (Å²) in [5.41, 5.74) is 0.126. The van der Waals surface area contributed by atoms with Gasteiger partial charge in [-0.05, 0) is 0 Å². The zero-order chi connectivity index (χ0) is 7.14. The second-order valence-electron chi connectivity index (χ2n) is 2.04. The summed E-state index contributed by atoms with van der Waals surface area (Å²) in [6.45, 7) is 0. The second kappa shape index (κ2) is 1.93. The van der Waals surface area contributed by atoms with E-state index in [0.29, 0.717) is 0 Å². The molecule has 0 atom stereocenters. The Morgan fingerprint density at radius 3 is 3.00 bits per heavy atom. The Morgan fingerprint density at radius 2 is 2.30 bits per heavy atom. The van der Waals surface area contributed by atoms with Crippen LogP contribution in [0.3, 0.4) is 0 Å². The molecule has 52 valence electrons. The highest BCUT2D eigenvalue weighted by molar-refractivity contribution is 7.19. The molecular formula is C6H5NOS2. The van der Waals surface area contributed by atoms with Gasteiger partial charge in [0.2, 0.25) is 0 Å². The van der Waals surface area contributed by atoms with Crippen LogP contribution in [-0.4, -0.2) is 3.96 Å². The molecule has 0 fully saturated rings. The van der Waals surface area contributed by atoms with Crippen molar-refractivity contribution in [1.82, 2.24) is 3.96 Å². The molecule has 0 aromatic carbocycles. The molecule has 0 unspecified atom stereocenters. The zero-order valence-corrected chi connectivity index (χ0v) is 6.96. The van der Waals surface area contributed by atoms with E-state index in [-0.39, 0.29) is 5.56 Å². The van der Waals surface area contributed by atoms with Gasteiger partial charge in [-0.1, -0.05) is 11.5 Å². The van der Waals surface area contributed by atoms with Crippen molar-refractivity contribution in [3.63, 3.8) is 0 Å². The summed E-state index contributed by atoms with van der Waals surface area (Å²) in [5, 5.41) is 4.76. The molecule has 4 heteroatoms. The highest BCUT2D eigenvalue weighted by Crippen LogP contribution is 2.19. The molecule has 0 saturated carbocycles. The van der Waals surface area contributed by atoms with Gasteiger partial charge in [0.25, 0.3) is 5.56 Å². The lowest BCUT2D eigenvalue weighted by molar-refractivity contribution is 0.990. The Bertz CT molecular complexity index is 408. The monoisotopic (exact) mass is 171 g/mol. The standard InChI is InChI=1S/C6H5NOS2/c1-7-6(8)4-2-9-3-5(4)10-7/h2-3H,1H3. The maximum atomic E-state index is 11.2. The molecule has 0 amide bonds. The predicted octanol–water partition coefficient (Wildman–Crippen LogP) is 1.66. The van der Waals surface area contributed by atoms with Crippen LogP contribution in [0.1, 0.15) is 0 Å². The van der Waals surface area contributed by atoms with E-state index in [9.17, 15) is 4.79 Å². The fourth-order valence-corrected chi connectivity index (χ4v) is 2.69. The van der Waals surface area contributed by atoms with Crippen LogP contribution in [0.5, 0.6) is 0 Å². The van der Waals surface area contributed by atoms with Crippen molar-refractivity contribution in [2.75, 3.05) is 0 Å². The van der Waals surface area contributed by atoms with Gasteiger partial charge in [0.15, 0.2) is 0 Å². The van der Waals surface area contributed by atoms with Crippen molar-refractivity contribution in [3.8, 4) is 0 Å². The summed E-state index contributed by atoms with van der Waals surface area (Å²) in [6.07, 6.45) is 0. The van der Waals surface area contributed by atoms with E-state index in [1.165, 1.54) is 11.5 Å². The molecule has 2 aromatic heterocycles. The first-order valence-corrected chi connectivity index (χ1v) is 4.53. The first kappa shape index (κ1) is 6.12. The zero-order valence-electron chi connectivity index (χ0n) is 5.33. The van der Waals surface area contributed by atoms with Gasteiger partial charge in [-0.2, -0.15) is 11.3 Å². The Balaban J connectivity index is 3.09. The molecule has 2 aromatic rings. The van der Waals surface area contributed by atoms with Gasteiger partial charge < -0.3 is 0 Å². The van der Waals surface area contributed by atoms with Crippen LogP contribution in [0, 0.1) is 0 Å². The van der Waals surface area contributed by atoms with Crippen LogP contribution in [0.25, 0.3) is 10.1 Å². The van der Waals surface area contributed by atoms with Crippen molar-refractivity contribution in [2.24, 2.45) is 7.05 Å². The largest absolute Gasteiger partial charge is 0.269 e. The van der Waals surface area contributed by atoms with Gasteiger partial charge in [0.1, 0.15) is 0 Å². The maximum absolute atomic E-state index is 11.2. The number of hydrogen-bond acceptors (Lipinski definition) is 3. The third-order valence-corrected chi connectivity index (χ3v) is 3.25. The third-order valence-electron chi connectivity index (χ3n) is 1.38. The topological polar surface area (TPSA) is 22.0 Å². The molecule has 0 bridgehead atoms. The van der Waals surface area contributed by atoms with Crippen LogP contribution < -0.4 is 5.56 Å². The van der Waals surface area contributed by atoms with Crippen LogP contribution in [0.4, 0.5) is 0 Å². The Kier molecular flexibility index (Phi) is 1.18. The minimum absolute atomic E-state index is 0.126. The summed E-state index contributed by atoms with van der Waals surface area (Å²) in [4.78, 5) is 11.2. The lowest BCUT2D eigenvalue weighted by Crippen LogP contribution is -2.06. The number of nitrogens with zero attached hydrogens (tertiary/aromatic N) is 1. The number of fused-ring (bicyclic) bond motifs is 1. The average molecular weight is 171 g/mol. The van der Waals surface area contributed by atoms with Gasteiger partial charge in [-0.25, -0.2) is 0 Å². The van der Waals surface area contributed by atoms with Crippen molar-refractivity contribution in [1.29, 1.82) is 0 Å². The van der Waals surface area contributed by atoms with E-state index in [0.717, 1.165) is 10.1 Å². The van der Waals surface area contributed by atoms with E-state index in [2.05, 4.69) is 0 Å². The van der Waals surface area contributed by atoms with Crippen molar-refractivity contribution in [2.45, 2.75) is 0 Å². The third kappa shape index (κ3) is 0.660. The summed E-state index contributed by atoms with van der Waals surface area (Å²) >= 11 is 3.08. The van der Waals surface area contributed by atoms with Crippen molar-refractivity contribution < 1.29 is 0 Å². The molecule has 0 radical (unpaired) electrons. The number of thiophene rings is 1. The second-order valence-corrected chi connectivity index (χ2v) is 3.96. The van der Waals surface area contributed by atoms with E-state index in [1.807, 2.05) is 10.8 Å². The normalized spacial score (nSPS) is 10.9. The van der Waals surface area contributed by atoms with Crippen LogP contribution in [0.2, 0.25) is 0 Å². The number of rotatable bonds is 0. The summed E-state index contributed by atoms with van der Waals surface area (Å²) in [7, 11) is 1.79. The van der Waals surface area contributed by atoms with Gasteiger partial charge in [0.05, 0.1) is 10.1 Å². The molecule has 2 rings (SSSR count). The van der Waals surface area contributed by atoms with Gasteiger partial charge in [0, 0.05) is 17.8 Å². The molecule has 0 saturated heterocycles. The lowest BCUT2D eigenvalue weighted by Gasteiger charge is -1.78. The first-order valence-electron chi connectivity index (χ1n) is 2.81. The Morgan fingerprint density at radius 1 is 1.50 bits per heavy atom. The molecule has 10 heavy (non-hydrogen) atoms. The van der Waals surface area contributed by atoms with Gasteiger partial charge in [-0.3, -0.25) is 8.75 Å². The average Bonchev–Trinajstić information content (AvgIpc) is 2.41. The lowest BCUT2D eigenvalue weighted by atomic mass is 10.5. The van der Waals surface area contributed by atoms with E-state index < -0.39 is 0 Å². The minimum atomic E-state index is 0.126. The molecule has 2 nitrogen and oxygen atoms in total. The molecule has 0 aliphatic heterocycles. The number of hydrogen-bond donors (Lipinski definition) is 0. The molecule has 0 aliphatic rings. The summed E-state index contributed by atoms with van der Waals surface area (Å²) < 4.78 is 2.75. The van der Waals surface area contributed by atoms with Crippen LogP contribution >= 0.6 is 22.9 Å². The predicted molar refractivity (Wildman–Crippen MR) is 44.9 cm³/mol. The molecule has 0 N–H and O–H groups in total. The summed E-state index contributed by atoms with van der Waals surface area (Å²) in [5.74, 6) is 0. The van der Waals surface area contributed by atoms with E-state index >= 15 is 0 Å². The van der Waals surface area contributed by atoms with Crippen LogP contribution in [0.15, 0.2) is 15.6 Å². The molecule has 0 spiro atoms. The highest BCUT2D eigenvalue weighted by atomic mass is 32.1. The minimum Gasteiger partial charge on any atom is -0.268 e. The van der Waals surface area contributed by atoms with Gasteiger partial charge in [-0.15, -0.1) is 0 Å². The Hall–Kier alpha value is -0.610. The maximum Gasteiger partial charge on any atom is 0.269 e.